The third kappa shape index (κ3) is 2.33. The second kappa shape index (κ2) is 5.00. The average molecular weight is 262 g/mol. The molecule has 2 aromatic heterocycles. The number of imidazole rings is 1. The van der Waals surface area contributed by atoms with Gasteiger partial charge >= 0.3 is 0 Å². The maximum atomic E-state index is 5.76. The normalized spacial score (nSPS) is 20.1. The maximum Gasteiger partial charge on any atom is 0.224 e. The van der Waals surface area contributed by atoms with Gasteiger partial charge in [0.1, 0.15) is 5.52 Å². The molecule has 1 aliphatic rings. The maximum absolute atomic E-state index is 5.76. The fourth-order valence-corrected chi connectivity index (χ4v) is 2.69. The monoisotopic (exact) mass is 262 g/mol. The molecule has 0 saturated carbocycles. The molecule has 1 saturated heterocycles. The van der Waals surface area contributed by atoms with E-state index in [9.17, 15) is 0 Å². The number of aromatic nitrogens is 4. The van der Waals surface area contributed by atoms with Crippen LogP contribution in [0.1, 0.15) is 12.8 Å². The van der Waals surface area contributed by atoms with Gasteiger partial charge in [0, 0.05) is 20.2 Å². The number of piperidine rings is 1. The number of H-pyrrole nitrogens is 1. The van der Waals surface area contributed by atoms with Crippen LogP contribution in [0.2, 0.25) is 0 Å². The topological polar surface area (TPSA) is 92.9 Å². The van der Waals surface area contributed by atoms with E-state index in [-0.39, 0.29) is 5.95 Å². The Morgan fingerprint density at radius 1 is 1.53 bits per heavy atom. The van der Waals surface area contributed by atoms with Gasteiger partial charge in [-0.05, 0) is 18.8 Å². The van der Waals surface area contributed by atoms with Crippen LogP contribution in [0.15, 0.2) is 6.33 Å². The standard InChI is InChI=1S/C12H18N6O/c1-19-6-8-3-2-4-18(5-8)11-9-10(15-7-14-9)16-12(13)17-11/h7-8H,2-6H2,1H3,(H3,13,14,15,16,17). The number of nitrogens with one attached hydrogen (secondary N) is 1. The van der Waals surface area contributed by atoms with E-state index in [1.54, 1.807) is 13.4 Å². The smallest absolute Gasteiger partial charge is 0.224 e. The second-order valence-corrected chi connectivity index (χ2v) is 4.92. The van der Waals surface area contributed by atoms with Crippen LogP contribution >= 0.6 is 0 Å². The van der Waals surface area contributed by atoms with Crippen LogP contribution in [-0.4, -0.2) is 46.7 Å². The third-order valence-electron chi connectivity index (χ3n) is 3.50. The molecule has 0 bridgehead atoms. The Morgan fingerprint density at radius 3 is 3.26 bits per heavy atom. The highest BCUT2D eigenvalue weighted by molar-refractivity contribution is 5.84. The van der Waals surface area contributed by atoms with Crippen LogP contribution in [0, 0.1) is 5.92 Å². The summed E-state index contributed by atoms with van der Waals surface area (Å²) in [5.41, 5.74) is 7.23. The summed E-state index contributed by atoms with van der Waals surface area (Å²) in [6.07, 6.45) is 3.95. The van der Waals surface area contributed by atoms with Crippen LogP contribution in [0.5, 0.6) is 0 Å². The quantitative estimate of drug-likeness (QED) is 0.849. The number of fused-ring (bicyclic) bond motifs is 1. The van der Waals surface area contributed by atoms with Gasteiger partial charge < -0.3 is 20.4 Å². The lowest BCUT2D eigenvalue weighted by Gasteiger charge is -2.33. The summed E-state index contributed by atoms with van der Waals surface area (Å²) in [7, 11) is 1.74. The molecule has 3 heterocycles. The molecule has 0 amide bonds. The molecular formula is C12H18N6O. The molecular weight excluding hydrogens is 244 g/mol. The minimum Gasteiger partial charge on any atom is -0.384 e. The number of ether oxygens (including phenoxy) is 1. The van der Waals surface area contributed by atoms with Crippen molar-refractivity contribution in [3.8, 4) is 0 Å². The Kier molecular flexibility index (Phi) is 3.20. The third-order valence-corrected chi connectivity index (χ3v) is 3.50. The van der Waals surface area contributed by atoms with Gasteiger partial charge in [0.25, 0.3) is 0 Å². The van der Waals surface area contributed by atoms with E-state index in [0.29, 0.717) is 11.6 Å². The van der Waals surface area contributed by atoms with E-state index in [1.807, 2.05) is 0 Å². The predicted molar refractivity (Wildman–Crippen MR) is 72.9 cm³/mol. The van der Waals surface area contributed by atoms with Crippen molar-refractivity contribution in [3.63, 3.8) is 0 Å². The van der Waals surface area contributed by atoms with Crippen LogP contribution in [0.3, 0.4) is 0 Å². The van der Waals surface area contributed by atoms with Crippen molar-refractivity contribution in [1.29, 1.82) is 0 Å². The second-order valence-electron chi connectivity index (χ2n) is 4.92. The number of methoxy groups -OCH3 is 1. The number of nitrogens with two attached hydrogens (primary N) is 1. The molecule has 19 heavy (non-hydrogen) atoms. The molecule has 1 unspecified atom stereocenters. The van der Waals surface area contributed by atoms with Gasteiger partial charge in [-0.2, -0.15) is 9.97 Å². The number of anilines is 2. The molecule has 0 radical (unpaired) electrons. The lowest BCUT2D eigenvalue weighted by atomic mass is 9.99. The van der Waals surface area contributed by atoms with E-state index in [0.717, 1.165) is 37.5 Å². The van der Waals surface area contributed by atoms with E-state index in [4.69, 9.17) is 10.5 Å². The van der Waals surface area contributed by atoms with Crippen LogP contribution in [0.25, 0.3) is 11.2 Å². The van der Waals surface area contributed by atoms with Crippen LogP contribution < -0.4 is 10.6 Å². The van der Waals surface area contributed by atoms with Gasteiger partial charge in [0.15, 0.2) is 11.5 Å². The zero-order valence-corrected chi connectivity index (χ0v) is 11.0. The molecule has 1 atom stereocenters. The number of hydrogen-bond acceptors (Lipinski definition) is 6. The molecule has 102 valence electrons. The number of hydrogen-bond donors (Lipinski definition) is 2. The Morgan fingerprint density at radius 2 is 2.42 bits per heavy atom. The van der Waals surface area contributed by atoms with Crippen molar-refractivity contribution in [3.05, 3.63) is 6.33 Å². The van der Waals surface area contributed by atoms with Gasteiger partial charge in [-0.25, -0.2) is 4.98 Å². The van der Waals surface area contributed by atoms with E-state index in [2.05, 4.69) is 24.8 Å². The molecule has 7 heteroatoms. The summed E-state index contributed by atoms with van der Waals surface area (Å²) in [5, 5.41) is 0. The SMILES string of the molecule is COCC1CCCN(c2nc(N)nc3nc[nH]c23)C1. The van der Waals surface area contributed by atoms with Crippen molar-refractivity contribution in [2.75, 3.05) is 37.4 Å². The van der Waals surface area contributed by atoms with Gasteiger partial charge in [0.05, 0.1) is 12.9 Å². The first kappa shape index (κ1) is 12.2. The largest absolute Gasteiger partial charge is 0.384 e. The van der Waals surface area contributed by atoms with Crippen molar-refractivity contribution < 1.29 is 4.74 Å². The molecule has 1 aliphatic heterocycles. The van der Waals surface area contributed by atoms with E-state index in [1.165, 1.54) is 6.42 Å². The molecule has 0 spiro atoms. The van der Waals surface area contributed by atoms with Crippen LogP contribution in [-0.2, 0) is 4.74 Å². The fraction of sp³-hybridized carbons (Fsp3) is 0.583. The number of nitrogen functional groups attached to an aromatic ring is 1. The summed E-state index contributed by atoms with van der Waals surface area (Å²) in [4.78, 5) is 18.0. The highest BCUT2D eigenvalue weighted by Gasteiger charge is 2.23. The summed E-state index contributed by atoms with van der Waals surface area (Å²) in [6.45, 7) is 2.69. The molecule has 0 aliphatic carbocycles. The van der Waals surface area contributed by atoms with Crippen molar-refractivity contribution in [1.82, 2.24) is 19.9 Å². The van der Waals surface area contributed by atoms with Crippen molar-refractivity contribution >= 4 is 22.9 Å². The Hall–Kier alpha value is -1.89. The lowest BCUT2D eigenvalue weighted by Crippen LogP contribution is -2.37. The van der Waals surface area contributed by atoms with Crippen molar-refractivity contribution in [2.24, 2.45) is 5.92 Å². The summed E-state index contributed by atoms with van der Waals surface area (Å²) in [6, 6.07) is 0. The number of aromatic amines is 1. The zero-order valence-electron chi connectivity index (χ0n) is 11.0. The highest BCUT2D eigenvalue weighted by Crippen LogP contribution is 2.26. The lowest BCUT2D eigenvalue weighted by molar-refractivity contribution is 0.143. The highest BCUT2D eigenvalue weighted by atomic mass is 16.5. The molecule has 3 rings (SSSR count). The van der Waals surface area contributed by atoms with Gasteiger partial charge in [-0.15, -0.1) is 0 Å². The number of nitrogens with zero attached hydrogens (tertiary/aromatic N) is 4. The van der Waals surface area contributed by atoms with E-state index < -0.39 is 0 Å². The van der Waals surface area contributed by atoms with Gasteiger partial charge in [-0.1, -0.05) is 0 Å². The van der Waals surface area contributed by atoms with Gasteiger partial charge in [-0.3, -0.25) is 0 Å². The minimum absolute atomic E-state index is 0.267. The Labute approximate surface area is 111 Å². The molecule has 1 fully saturated rings. The first-order valence-electron chi connectivity index (χ1n) is 6.48. The fourth-order valence-electron chi connectivity index (χ4n) is 2.69. The van der Waals surface area contributed by atoms with Crippen LogP contribution in [0.4, 0.5) is 11.8 Å². The predicted octanol–water partition coefficient (Wildman–Crippen LogP) is 0.798. The first-order chi connectivity index (χ1) is 9.28. The van der Waals surface area contributed by atoms with Crippen molar-refractivity contribution in [2.45, 2.75) is 12.8 Å². The van der Waals surface area contributed by atoms with E-state index >= 15 is 0 Å². The molecule has 7 nitrogen and oxygen atoms in total. The molecule has 0 aromatic carbocycles. The Bertz CT molecular complexity index is 566. The summed E-state index contributed by atoms with van der Waals surface area (Å²) in [5.74, 6) is 1.65. The average Bonchev–Trinajstić information content (AvgIpc) is 2.86. The zero-order chi connectivity index (χ0) is 13.2. The number of rotatable bonds is 3. The molecule has 3 N–H and O–H groups in total. The summed E-state index contributed by atoms with van der Waals surface area (Å²) < 4.78 is 5.26. The van der Waals surface area contributed by atoms with Gasteiger partial charge in [0.2, 0.25) is 5.95 Å². The minimum atomic E-state index is 0.267. The Balaban J connectivity index is 1.92. The molecule has 2 aromatic rings. The summed E-state index contributed by atoms with van der Waals surface area (Å²) >= 11 is 0. The first-order valence-corrected chi connectivity index (χ1v) is 6.48.